The van der Waals surface area contributed by atoms with E-state index in [1.807, 2.05) is 0 Å². The summed E-state index contributed by atoms with van der Waals surface area (Å²) in [6.45, 7) is 8.50. The van der Waals surface area contributed by atoms with E-state index in [4.69, 9.17) is 0 Å². The fourth-order valence-electron chi connectivity index (χ4n) is 2.47. The zero-order chi connectivity index (χ0) is 13.8. The number of benzene rings is 1. The summed E-state index contributed by atoms with van der Waals surface area (Å²) >= 11 is 1.77. The Kier molecular flexibility index (Phi) is 4.59. The lowest BCUT2D eigenvalue weighted by Crippen LogP contribution is -2.03. The zero-order valence-corrected chi connectivity index (χ0v) is 13.0. The summed E-state index contributed by atoms with van der Waals surface area (Å²) in [4.78, 5) is 1.30. The highest BCUT2D eigenvalue weighted by Gasteiger charge is 2.07. The fourth-order valence-corrected chi connectivity index (χ4v) is 2.93. The van der Waals surface area contributed by atoms with E-state index in [1.165, 1.54) is 27.5 Å². The van der Waals surface area contributed by atoms with Crippen LogP contribution in [0.4, 0.5) is 5.69 Å². The van der Waals surface area contributed by atoms with Crippen molar-refractivity contribution >= 4 is 17.4 Å². The minimum Gasteiger partial charge on any atom is -0.381 e. The van der Waals surface area contributed by atoms with Gasteiger partial charge in [-0.05, 0) is 56.9 Å². The molecule has 0 amide bonds. The Morgan fingerprint density at radius 3 is 2.63 bits per heavy atom. The number of anilines is 1. The first kappa shape index (κ1) is 14.1. The molecule has 0 saturated heterocycles. The molecule has 1 heterocycles. The largest absolute Gasteiger partial charge is 0.381 e. The van der Waals surface area contributed by atoms with Gasteiger partial charge in [0.25, 0.3) is 0 Å². The van der Waals surface area contributed by atoms with Crippen molar-refractivity contribution in [3.63, 3.8) is 0 Å². The highest BCUT2D eigenvalue weighted by atomic mass is 32.2. The van der Waals surface area contributed by atoms with Gasteiger partial charge in [-0.25, -0.2) is 0 Å². The monoisotopic (exact) mass is 274 g/mol. The predicted molar refractivity (Wildman–Crippen MR) is 85.1 cm³/mol. The minimum absolute atomic E-state index is 0.886. The van der Waals surface area contributed by atoms with Crippen LogP contribution in [0.25, 0.3) is 0 Å². The van der Waals surface area contributed by atoms with Gasteiger partial charge in [0, 0.05) is 35.1 Å². The number of thioether (sulfide) groups is 1. The van der Waals surface area contributed by atoms with Gasteiger partial charge in [-0.3, -0.25) is 0 Å². The van der Waals surface area contributed by atoms with Crippen LogP contribution in [0, 0.1) is 13.8 Å². The topological polar surface area (TPSA) is 17.0 Å². The van der Waals surface area contributed by atoms with Crippen molar-refractivity contribution in [3.05, 3.63) is 47.3 Å². The molecule has 19 heavy (non-hydrogen) atoms. The molecular formula is C16H22N2S. The molecule has 0 saturated carbocycles. The molecule has 2 rings (SSSR count). The molecule has 0 unspecified atom stereocenters. The molecule has 2 aromatic rings. The van der Waals surface area contributed by atoms with Gasteiger partial charge in [-0.15, -0.1) is 11.8 Å². The molecule has 0 radical (unpaired) electrons. The summed E-state index contributed by atoms with van der Waals surface area (Å²) in [5.41, 5.74) is 5.28. The summed E-state index contributed by atoms with van der Waals surface area (Å²) in [5, 5.41) is 3.51. The molecule has 0 fully saturated rings. The predicted octanol–water partition coefficient (Wildman–Crippen LogP) is 4.46. The molecule has 1 N–H and O–H groups in total. The van der Waals surface area contributed by atoms with Crippen molar-refractivity contribution in [1.82, 2.24) is 4.57 Å². The van der Waals surface area contributed by atoms with E-state index in [1.54, 1.807) is 11.8 Å². The number of hydrogen-bond donors (Lipinski definition) is 1. The normalized spacial score (nSPS) is 10.7. The molecular weight excluding hydrogens is 252 g/mol. The fraction of sp³-hybridized carbons (Fsp3) is 0.375. The molecule has 3 heteroatoms. The van der Waals surface area contributed by atoms with Crippen LogP contribution in [0.3, 0.4) is 0 Å². The van der Waals surface area contributed by atoms with Gasteiger partial charge in [0.15, 0.2) is 0 Å². The summed E-state index contributed by atoms with van der Waals surface area (Å²) in [7, 11) is 0. The maximum atomic E-state index is 3.51. The summed E-state index contributed by atoms with van der Waals surface area (Å²) < 4.78 is 2.36. The van der Waals surface area contributed by atoms with E-state index in [2.05, 4.69) is 67.2 Å². The molecule has 1 aromatic heterocycles. The van der Waals surface area contributed by atoms with Crippen molar-refractivity contribution < 1.29 is 0 Å². The Balaban J connectivity index is 2.10. The third-order valence-corrected chi connectivity index (χ3v) is 4.27. The lowest BCUT2D eigenvalue weighted by atomic mass is 10.2. The highest BCUT2D eigenvalue weighted by molar-refractivity contribution is 7.98. The average Bonchev–Trinajstić information content (AvgIpc) is 2.71. The van der Waals surface area contributed by atoms with E-state index in [0.717, 1.165) is 13.1 Å². The first-order valence-corrected chi connectivity index (χ1v) is 7.91. The standard InChI is InChI=1S/C16H22N2S/c1-5-18-12(2)9-14(13(18)3)11-17-15-7-6-8-16(10-15)19-4/h6-10,17H,5,11H2,1-4H3. The molecule has 0 aliphatic heterocycles. The Hall–Kier alpha value is -1.35. The lowest BCUT2D eigenvalue weighted by molar-refractivity contribution is 0.715. The highest BCUT2D eigenvalue weighted by Crippen LogP contribution is 2.21. The summed E-state index contributed by atoms with van der Waals surface area (Å²) in [6, 6.07) is 10.8. The van der Waals surface area contributed by atoms with Crippen LogP contribution in [0.5, 0.6) is 0 Å². The van der Waals surface area contributed by atoms with Crippen molar-refractivity contribution in [2.75, 3.05) is 11.6 Å². The number of aromatic nitrogens is 1. The van der Waals surface area contributed by atoms with E-state index in [0.29, 0.717) is 0 Å². The van der Waals surface area contributed by atoms with Gasteiger partial charge < -0.3 is 9.88 Å². The number of nitrogens with zero attached hydrogens (tertiary/aromatic N) is 1. The molecule has 102 valence electrons. The lowest BCUT2D eigenvalue weighted by Gasteiger charge is -2.09. The first-order chi connectivity index (χ1) is 9.15. The molecule has 0 aliphatic carbocycles. The van der Waals surface area contributed by atoms with Gasteiger partial charge in [-0.1, -0.05) is 6.07 Å². The summed E-state index contributed by atoms with van der Waals surface area (Å²) in [5.74, 6) is 0. The van der Waals surface area contributed by atoms with E-state index >= 15 is 0 Å². The van der Waals surface area contributed by atoms with Crippen molar-refractivity contribution in [3.8, 4) is 0 Å². The molecule has 1 aromatic carbocycles. The smallest absolute Gasteiger partial charge is 0.0418 e. The average molecular weight is 274 g/mol. The maximum Gasteiger partial charge on any atom is 0.0418 e. The van der Waals surface area contributed by atoms with Crippen LogP contribution in [0.2, 0.25) is 0 Å². The Bertz CT molecular complexity index is 558. The Morgan fingerprint density at radius 1 is 1.21 bits per heavy atom. The van der Waals surface area contributed by atoms with Crippen LogP contribution in [0.15, 0.2) is 35.2 Å². The van der Waals surface area contributed by atoms with Crippen LogP contribution < -0.4 is 5.32 Å². The van der Waals surface area contributed by atoms with Gasteiger partial charge in [0.05, 0.1) is 0 Å². The number of nitrogens with one attached hydrogen (secondary N) is 1. The first-order valence-electron chi connectivity index (χ1n) is 6.69. The molecule has 2 nitrogen and oxygen atoms in total. The third-order valence-electron chi connectivity index (χ3n) is 3.55. The molecule has 0 aliphatic rings. The second kappa shape index (κ2) is 6.20. The van der Waals surface area contributed by atoms with Crippen LogP contribution in [-0.4, -0.2) is 10.8 Å². The minimum atomic E-state index is 0.886. The van der Waals surface area contributed by atoms with Crippen LogP contribution >= 0.6 is 11.8 Å². The number of rotatable bonds is 5. The molecule has 0 bridgehead atoms. The molecule has 0 spiro atoms. The van der Waals surface area contributed by atoms with E-state index in [9.17, 15) is 0 Å². The summed E-state index contributed by atoms with van der Waals surface area (Å²) in [6.07, 6.45) is 2.11. The SMILES string of the molecule is CCn1c(C)cc(CNc2cccc(SC)c2)c1C. The zero-order valence-electron chi connectivity index (χ0n) is 12.2. The van der Waals surface area contributed by atoms with Gasteiger partial charge in [-0.2, -0.15) is 0 Å². The maximum absolute atomic E-state index is 3.51. The van der Waals surface area contributed by atoms with Crippen LogP contribution in [-0.2, 0) is 13.1 Å². The second-order valence-corrected chi connectivity index (χ2v) is 5.61. The van der Waals surface area contributed by atoms with Crippen molar-refractivity contribution in [2.24, 2.45) is 0 Å². The van der Waals surface area contributed by atoms with E-state index < -0.39 is 0 Å². The Labute approximate surface area is 120 Å². The van der Waals surface area contributed by atoms with E-state index in [-0.39, 0.29) is 0 Å². The quantitative estimate of drug-likeness (QED) is 0.811. The second-order valence-electron chi connectivity index (χ2n) is 4.73. The van der Waals surface area contributed by atoms with Crippen LogP contribution in [0.1, 0.15) is 23.9 Å². The number of hydrogen-bond acceptors (Lipinski definition) is 2. The molecule has 0 atom stereocenters. The van der Waals surface area contributed by atoms with Crippen molar-refractivity contribution in [1.29, 1.82) is 0 Å². The van der Waals surface area contributed by atoms with Gasteiger partial charge >= 0.3 is 0 Å². The Morgan fingerprint density at radius 2 is 2.00 bits per heavy atom. The van der Waals surface area contributed by atoms with Crippen molar-refractivity contribution in [2.45, 2.75) is 38.8 Å². The van der Waals surface area contributed by atoms with Gasteiger partial charge in [0.2, 0.25) is 0 Å². The third kappa shape index (κ3) is 3.16. The number of aryl methyl sites for hydroxylation is 1. The van der Waals surface area contributed by atoms with Gasteiger partial charge in [0.1, 0.15) is 0 Å².